The zero-order valence-electron chi connectivity index (χ0n) is 33.6. The molecule has 6 heteroatoms. The van der Waals surface area contributed by atoms with Gasteiger partial charge >= 0.3 is 7.32 Å². The van der Waals surface area contributed by atoms with Crippen LogP contribution in [0.2, 0.25) is 0 Å². The van der Waals surface area contributed by atoms with Gasteiger partial charge in [0.05, 0.1) is 0 Å². The molecule has 0 saturated carbocycles. The lowest BCUT2D eigenvalue weighted by Crippen LogP contribution is -2.61. The average molecular weight is 659 g/mol. The molecule has 0 radical (unpaired) electrons. The second kappa shape index (κ2) is 14.7. The summed E-state index contributed by atoms with van der Waals surface area (Å²) >= 11 is 0. The summed E-state index contributed by atoms with van der Waals surface area (Å²) < 4.78 is 4.93. The number of nitrogens with zero attached hydrogens (tertiary/aromatic N) is 2. The van der Waals surface area contributed by atoms with Crippen molar-refractivity contribution in [2.75, 3.05) is 0 Å². The van der Waals surface area contributed by atoms with Crippen LogP contribution in [0.3, 0.4) is 0 Å². The van der Waals surface area contributed by atoms with Crippen LogP contribution in [0.1, 0.15) is 125 Å². The number of fused-ring (bicyclic) bond motifs is 4. The van der Waals surface area contributed by atoms with Gasteiger partial charge in [-0.15, -0.1) is 0 Å². The highest BCUT2D eigenvalue weighted by Gasteiger charge is 2.40. The second-order valence-corrected chi connectivity index (χ2v) is 19.0. The Morgan fingerprint density at radius 3 is 1.21 bits per heavy atom. The first-order valence-corrected chi connectivity index (χ1v) is 17.4. The first-order chi connectivity index (χ1) is 21.4. The van der Waals surface area contributed by atoms with Crippen LogP contribution in [-0.2, 0) is 0 Å². The van der Waals surface area contributed by atoms with Crippen LogP contribution >= 0.6 is 0 Å². The molecule has 4 aromatic carbocycles. The van der Waals surface area contributed by atoms with E-state index in [-0.39, 0.29) is 33.2 Å². The lowest BCUT2D eigenvalue weighted by Gasteiger charge is -2.53. The number of rotatable bonds is 2. The molecule has 4 aromatic rings. The van der Waals surface area contributed by atoms with Crippen molar-refractivity contribution in [3.8, 4) is 5.75 Å². The first-order valence-electron chi connectivity index (χ1n) is 17.4. The highest BCUT2D eigenvalue weighted by Crippen LogP contribution is 2.34. The molecule has 0 amide bonds. The molecule has 0 aliphatic heterocycles. The molecule has 0 aromatic heterocycles. The van der Waals surface area contributed by atoms with Crippen molar-refractivity contribution in [1.29, 1.82) is 0 Å². The number of hydrogen-bond acceptors (Lipinski definition) is 5. The van der Waals surface area contributed by atoms with Crippen molar-refractivity contribution in [2.24, 2.45) is 0 Å². The van der Waals surface area contributed by atoms with E-state index >= 15 is 0 Å². The molecule has 0 heterocycles. The molecule has 0 atom stereocenters. The SMILES string of the molecule is CC(C)(C)N(C(C)(C)C)C(C)(C)C.CC(C)(C)N(C(C)(C)C)C(C)(C)C.OB(O)Oc1ccc2cc3ccc4ccccc4c3cc2c1. The fraction of sp³-hybridized carbons (Fsp3) is 0.571. The van der Waals surface area contributed by atoms with Gasteiger partial charge < -0.3 is 14.7 Å². The Balaban J connectivity index is 0.000000269. The Kier molecular flexibility index (Phi) is 12.7. The topological polar surface area (TPSA) is 56.2 Å². The monoisotopic (exact) mass is 659 g/mol. The van der Waals surface area contributed by atoms with Crippen LogP contribution in [0.15, 0.2) is 66.7 Å². The van der Waals surface area contributed by atoms with E-state index in [1.54, 1.807) is 6.07 Å². The summed E-state index contributed by atoms with van der Waals surface area (Å²) in [5.41, 5.74) is 1.31. The summed E-state index contributed by atoms with van der Waals surface area (Å²) in [5, 5.41) is 24.7. The number of benzene rings is 4. The summed E-state index contributed by atoms with van der Waals surface area (Å²) in [4.78, 5) is 5.12. The van der Waals surface area contributed by atoms with Gasteiger partial charge in [-0.05, 0) is 181 Å². The summed E-state index contributed by atoms with van der Waals surface area (Å²) in [6.45, 7) is 41.1. The summed E-state index contributed by atoms with van der Waals surface area (Å²) in [7, 11) is -1.81. The zero-order valence-corrected chi connectivity index (χ0v) is 33.6. The van der Waals surface area contributed by atoms with E-state index in [0.717, 1.165) is 10.8 Å². The fourth-order valence-corrected chi connectivity index (χ4v) is 8.96. The molecule has 0 unspecified atom stereocenters. The van der Waals surface area contributed by atoms with Crippen LogP contribution in [0.25, 0.3) is 32.3 Å². The Hall–Kier alpha value is -2.64. The standard InChI is InChI=1S/C18H13BO3.2C12H27N/c20-19(21)22-16-8-7-13-9-14-6-5-12-3-1-2-4-17(12)18(14)11-15(13)10-16;2*1-10(2,3)13(11(4,5)6)12(7,8)9/h1-11,20-21H;2*1-9H3. The molecule has 4 rings (SSSR count). The molecule has 266 valence electrons. The largest absolute Gasteiger partial charge is 0.707 e. The van der Waals surface area contributed by atoms with Gasteiger partial charge in [0.15, 0.2) is 0 Å². The van der Waals surface area contributed by atoms with Gasteiger partial charge in [0, 0.05) is 33.2 Å². The Morgan fingerprint density at radius 2 is 0.812 bits per heavy atom. The van der Waals surface area contributed by atoms with E-state index in [1.165, 1.54) is 21.5 Å². The van der Waals surface area contributed by atoms with E-state index < -0.39 is 7.32 Å². The predicted molar refractivity (Wildman–Crippen MR) is 212 cm³/mol. The third-order valence-corrected chi connectivity index (χ3v) is 7.94. The summed E-state index contributed by atoms with van der Waals surface area (Å²) in [5.74, 6) is 0.432. The van der Waals surface area contributed by atoms with Crippen molar-refractivity contribution < 1.29 is 14.7 Å². The average Bonchev–Trinajstić information content (AvgIpc) is 2.82. The van der Waals surface area contributed by atoms with Crippen molar-refractivity contribution in [3.05, 3.63) is 66.7 Å². The van der Waals surface area contributed by atoms with Gasteiger partial charge in [-0.2, -0.15) is 0 Å². The smallest absolute Gasteiger partial charge is 0.512 e. The van der Waals surface area contributed by atoms with Gasteiger partial charge in [-0.1, -0.05) is 42.5 Å². The van der Waals surface area contributed by atoms with Gasteiger partial charge in [-0.25, -0.2) is 0 Å². The molecule has 0 aliphatic carbocycles. The summed E-state index contributed by atoms with van der Waals surface area (Å²) in [6, 6.07) is 22.2. The Morgan fingerprint density at radius 1 is 0.417 bits per heavy atom. The minimum atomic E-state index is -1.81. The molecule has 0 saturated heterocycles. The third-order valence-electron chi connectivity index (χ3n) is 7.94. The van der Waals surface area contributed by atoms with Crippen LogP contribution in [0.4, 0.5) is 0 Å². The molecule has 48 heavy (non-hydrogen) atoms. The van der Waals surface area contributed by atoms with E-state index in [2.05, 4.69) is 171 Å². The first kappa shape index (κ1) is 41.5. The van der Waals surface area contributed by atoms with Crippen molar-refractivity contribution >= 4 is 39.6 Å². The summed E-state index contributed by atoms with van der Waals surface area (Å²) in [6.07, 6.45) is 0. The maximum atomic E-state index is 8.92. The minimum absolute atomic E-state index is 0.219. The maximum Gasteiger partial charge on any atom is 0.707 e. The predicted octanol–water partition coefficient (Wildman–Crippen LogP) is 10.9. The van der Waals surface area contributed by atoms with E-state index in [1.807, 2.05) is 24.3 Å². The lowest BCUT2D eigenvalue weighted by atomic mass is 9.88. The lowest BCUT2D eigenvalue weighted by molar-refractivity contribution is -0.0409. The van der Waals surface area contributed by atoms with E-state index in [4.69, 9.17) is 14.7 Å². The molecule has 2 N–H and O–H groups in total. The van der Waals surface area contributed by atoms with Gasteiger partial charge in [0.2, 0.25) is 0 Å². The fourth-order valence-electron chi connectivity index (χ4n) is 8.96. The number of hydrogen-bond donors (Lipinski definition) is 2. The van der Waals surface area contributed by atoms with Crippen LogP contribution in [-0.4, -0.2) is 60.4 Å². The van der Waals surface area contributed by atoms with Crippen molar-refractivity contribution in [2.45, 2.75) is 158 Å². The molecular formula is C42H67BN2O3. The van der Waals surface area contributed by atoms with Crippen LogP contribution in [0, 0.1) is 0 Å². The minimum Gasteiger partial charge on any atom is -0.512 e. The highest BCUT2D eigenvalue weighted by atomic mass is 16.6. The Labute approximate surface area is 293 Å². The maximum absolute atomic E-state index is 8.92. The van der Waals surface area contributed by atoms with Gasteiger partial charge in [0.25, 0.3) is 0 Å². The highest BCUT2D eigenvalue weighted by molar-refractivity contribution is 6.33. The second-order valence-electron chi connectivity index (χ2n) is 19.0. The Bertz CT molecular complexity index is 1530. The molecule has 0 bridgehead atoms. The zero-order chi connectivity index (χ0) is 37.3. The van der Waals surface area contributed by atoms with E-state index in [0.29, 0.717) is 5.75 Å². The van der Waals surface area contributed by atoms with E-state index in [9.17, 15) is 0 Å². The quantitative estimate of drug-likeness (QED) is 0.128. The molecule has 0 fully saturated rings. The van der Waals surface area contributed by atoms with Crippen LogP contribution < -0.4 is 4.65 Å². The molecule has 0 aliphatic rings. The van der Waals surface area contributed by atoms with Gasteiger partial charge in [0.1, 0.15) is 5.75 Å². The van der Waals surface area contributed by atoms with Crippen molar-refractivity contribution in [1.82, 2.24) is 9.80 Å². The molecule has 5 nitrogen and oxygen atoms in total. The normalized spacial score (nSPS) is 13.4. The molecular weight excluding hydrogens is 591 g/mol. The van der Waals surface area contributed by atoms with Crippen LogP contribution in [0.5, 0.6) is 5.75 Å². The van der Waals surface area contributed by atoms with Gasteiger partial charge in [-0.3, -0.25) is 9.80 Å². The third kappa shape index (κ3) is 11.5. The van der Waals surface area contributed by atoms with Crippen molar-refractivity contribution in [3.63, 3.8) is 0 Å². The molecule has 0 spiro atoms.